The summed E-state index contributed by atoms with van der Waals surface area (Å²) < 4.78 is 6.50. The standard InChI is InChI=1S/C12H8INO3/c13-9-3-1-2-4-10(9)17-11-6-5-8(7-14-11)12(15)16/h1-7H,(H,15,16). The van der Waals surface area contributed by atoms with Crippen molar-refractivity contribution in [2.24, 2.45) is 0 Å². The molecule has 0 spiro atoms. The van der Waals surface area contributed by atoms with Gasteiger partial charge in [0.05, 0.1) is 9.13 Å². The van der Waals surface area contributed by atoms with Crippen molar-refractivity contribution < 1.29 is 14.6 Å². The van der Waals surface area contributed by atoms with Crippen LogP contribution in [0, 0.1) is 3.57 Å². The Labute approximate surface area is 111 Å². The van der Waals surface area contributed by atoms with Gasteiger partial charge in [-0.15, -0.1) is 0 Å². The Morgan fingerprint density at radius 1 is 1.24 bits per heavy atom. The van der Waals surface area contributed by atoms with Gasteiger partial charge < -0.3 is 9.84 Å². The number of carbonyl (C=O) groups is 1. The fourth-order valence-electron chi connectivity index (χ4n) is 1.21. The number of rotatable bonds is 3. The molecule has 0 aliphatic heterocycles. The average molecular weight is 341 g/mol. The number of halogens is 1. The topological polar surface area (TPSA) is 59.4 Å². The molecule has 86 valence electrons. The molecular weight excluding hydrogens is 333 g/mol. The van der Waals surface area contributed by atoms with Crippen molar-refractivity contribution in [3.05, 3.63) is 51.7 Å². The number of hydrogen-bond acceptors (Lipinski definition) is 3. The molecule has 2 aromatic rings. The predicted molar refractivity (Wildman–Crippen MR) is 70.4 cm³/mol. The Hall–Kier alpha value is -1.63. The Morgan fingerprint density at radius 2 is 2.00 bits per heavy atom. The van der Waals surface area contributed by atoms with Crippen molar-refractivity contribution in [3.8, 4) is 11.6 Å². The van der Waals surface area contributed by atoms with Gasteiger partial charge in [-0.05, 0) is 40.8 Å². The second kappa shape index (κ2) is 5.13. The van der Waals surface area contributed by atoms with Crippen LogP contribution in [0.5, 0.6) is 11.6 Å². The SMILES string of the molecule is O=C(O)c1ccc(Oc2ccccc2I)nc1. The minimum absolute atomic E-state index is 0.139. The Kier molecular flexibility index (Phi) is 3.58. The second-order valence-corrected chi connectivity index (χ2v) is 4.38. The molecule has 1 aromatic carbocycles. The van der Waals surface area contributed by atoms with Crippen LogP contribution in [0.2, 0.25) is 0 Å². The number of hydrogen-bond donors (Lipinski definition) is 1. The quantitative estimate of drug-likeness (QED) is 0.872. The summed E-state index contributed by atoms with van der Waals surface area (Å²) in [7, 11) is 0. The van der Waals surface area contributed by atoms with Crippen LogP contribution in [-0.2, 0) is 0 Å². The van der Waals surface area contributed by atoms with Crippen molar-refractivity contribution in [1.29, 1.82) is 0 Å². The van der Waals surface area contributed by atoms with E-state index in [-0.39, 0.29) is 5.56 Å². The molecule has 0 aliphatic rings. The molecule has 1 N–H and O–H groups in total. The highest BCUT2D eigenvalue weighted by molar-refractivity contribution is 14.1. The van der Waals surface area contributed by atoms with E-state index >= 15 is 0 Å². The minimum Gasteiger partial charge on any atom is -0.478 e. The summed E-state index contributed by atoms with van der Waals surface area (Å²) in [6.45, 7) is 0. The maximum absolute atomic E-state index is 10.6. The Morgan fingerprint density at radius 3 is 2.59 bits per heavy atom. The lowest BCUT2D eigenvalue weighted by atomic mass is 10.3. The van der Waals surface area contributed by atoms with E-state index in [0.717, 1.165) is 3.57 Å². The number of pyridine rings is 1. The molecular formula is C12H8INO3. The van der Waals surface area contributed by atoms with Crippen molar-refractivity contribution in [3.63, 3.8) is 0 Å². The smallest absolute Gasteiger partial charge is 0.337 e. The highest BCUT2D eigenvalue weighted by atomic mass is 127. The minimum atomic E-state index is -1.00. The number of aromatic carboxylic acids is 1. The maximum atomic E-state index is 10.6. The van der Waals surface area contributed by atoms with E-state index in [2.05, 4.69) is 27.6 Å². The lowest BCUT2D eigenvalue weighted by Crippen LogP contribution is -1.97. The molecule has 0 bridgehead atoms. The first kappa shape index (κ1) is 11.8. The van der Waals surface area contributed by atoms with Crippen LogP contribution in [0.25, 0.3) is 0 Å². The van der Waals surface area contributed by atoms with Crippen LogP contribution in [0.4, 0.5) is 0 Å². The van der Waals surface area contributed by atoms with E-state index < -0.39 is 5.97 Å². The van der Waals surface area contributed by atoms with Gasteiger partial charge in [0.2, 0.25) is 5.88 Å². The molecule has 1 heterocycles. The van der Waals surface area contributed by atoms with Crippen molar-refractivity contribution in [2.75, 3.05) is 0 Å². The van der Waals surface area contributed by atoms with Crippen molar-refractivity contribution in [1.82, 2.24) is 4.98 Å². The average Bonchev–Trinajstić information content (AvgIpc) is 2.33. The highest BCUT2D eigenvalue weighted by Crippen LogP contribution is 2.24. The van der Waals surface area contributed by atoms with E-state index in [1.54, 1.807) is 0 Å². The zero-order chi connectivity index (χ0) is 12.3. The molecule has 17 heavy (non-hydrogen) atoms. The Balaban J connectivity index is 2.20. The molecule has 0 fully saturated rings. The molecule has 1 aromatic heterocycles. The van der Waals surface area contributed by atoms with Crippen LogP contribution in [0.1, 0.15) is 10.4 Å². The third kappa shape index (κ3) is 2.94. The third-order valence-electron chi connectivity index (χ3n) is 2.03. The Bertz CT molecular complexity index is 540. The van der Waals surface area contributed by atoms with Crippen LogP contribution < -0.4 is 4.74 Å². The van der Waals surface area contributed by atoms with Gasteiger partial charge >= 0.3 is 5.97 Å². The van der Waals surface area contributed by atoms with Gasteiger partial charge in [0.15, 0.2) is 0 Å². The van der Waals surface area contributed by atoms with E-state index in [4.69, 9.17) is 9.84 Å². The molecule has 0 amide bonds. The van der Waals surface area contributed by atoms with Crippen molar-refractivity contribution in [2.45, 2.75) is 0 Å². The van der Waals surface area contributed by atoms with Gasteiger partial charge in [-0.25, -0.2) is 9.78 Å². The molecule has 0 unspecified atom stereocenters. The number of para-hydroxylation sites is 1. The van der Waals surface area contributed by atoms with E-state index in [0.29, 0.717) is 11.6 Å². The number of nitrogens with zero attached hydrogens (tertiary/aromatic N) is 1. The van der Waals surface area contributed by atoms with Gasteiger partial charge in [0, 0.05) is 12.3 Å². The zero-order valence-electron chi connectivity index (χ0n) is 8.63. The third-order valence-corrected chi connectivity index (χ3v) is 2.93. The molecule has 0 aliphatic carbocycles. The first-order chi connectivity index (χ1) is 8.16. The fraction of sp³-hybridized carbons (Fsp3) is 0. The number of carboxylic acid groups (broad SMARTS) is 1. The molecule has 0 saturated carbocycles. The maximum Gasteiger partial charge on any atom is 0.337 e. The molecule has 4 nitrogen and oxygen atoms in total. The first-order valence-corrected chi connectivity index (χ1v) is 5.86. The highest BCUT2D eigenvalue weighted by Gasteiger charge is 2.05. The monoisotopic (exact) mass is 341 g/mol. The first-order valence-electron chi connectivity index (χ1n) is 4.78. The largest absolute Gasteiger partial charge is 0.478 e. The summed E-state index contributed by atoms with van der Waals surface area (Å²) >= 11 is 2.16. The molecule has 2 rings (SSSR count). The van der Waals surface area contributed by atoms with Crippen LogP contribution in [0.15, 0.2) is 42.6 Å². The predicted octanol–water partition coefficient (Wildman–Crippen LogP) is 3.18. The van der Waals surface area contributed by atoms with E-state index in [1.807, 2.05) is 24.3 Å². The summed E-state index contributed by atoms with van der Waals surface area (Å²) in [5.74, 6) is 0.0705. The van der Waals surface area contributed by atoms with Crippen LogP contribution in [-0.4, -0.2) is 16.1 Å². The van der Waals surface area contributed by atoms with Crippen LogP contribution in [0.3, 0.4) is 0 Å². The number of ether oxygens (including phenoxy) is 1. The summed E-state index contributed by atoms with van der Waals surface area (Å²) in [6.07, 6.45) is 1.27. The molecule has 0 saturated heterocycles. The normalized spacial score (nSPS) is 9.94. The summed E-state index contributed by atoms with van der Waals surface area (Å²) in [5, 5.41) is 8.73. The van der Waals surface area contributed by atoms with Gasteiger partial charge in [-0.3, -0.25) is 0 Å². The number of aromatic nitrogens is 1. The molecule has 0 atom stereocenters. The molecule has 0 radical (unpaired) electrons. The van der Waals surface area contributed by atoms with Gasteiger partial charge in [-0.2, -0.15) is 0 Å². The summed E-state index contributed by atoms with van der Waals surface area (Å²) in [5.41, 5.74) is 0.139. The number of benzene rings is 1. The molecule has 5 heteroatoms. The van der Waals surface area contributed by atoms with Gasteiger partial charge in [0.1, 0.15) is 5.75 Å². The van der Waals surface area contributed by atoms with Crippen LogP contribution >= 0.6 is 22.6 Å². The number of carboxylic acids is 1. The second-order valence-electron chi connectivity index (χ2n) is 3.22. The summed E-state index contributed by atoms with van der Waals surface area (Å²) in [6, 6.07) is 10.5. The lowest BCUT2D eigenvalue weighted by Gasteiger charge is -2.06. The summed E-state index contributed by atoms with van der Waals surface area (Å²) in [4.78, 5) is 14.6. The lowest BCUT2D eigenvalue weighted by molar-refractivity contribution is 0.0696. The van der Waals surface area contributed by atoms with E-state index in [9.17, 15) is 4.79 Å². The fourth-order valence-corrected chi connectivity index (χ4v) is 1.70. The van der Waals surface area contributed by atoms with Crippen molar-refractivity contribution >= 4 is 28.6 Å². The van der Waals surface area contributed by atoms with E-state index in [1.165, 1.54) is 18.3 Å². The zero-order valence-corrected chi connectivity index (χ0v) is 10.8. The van der Waals surface area contributed by atoms with Gasteiger partial charge in [-0.1, -0.05) is 12.1 Å². The van der Waals surface area contributed by atoms with Gasteiger partial charge in [0.25, 0.3) is 0 Å².